The quantitative estimate of drug-likeness (QED) is 0.477. The van der Waals surface area contributed by atoms with E-state index in [4.69, 9.17) is 0 Å². The average molecular weight is 441 g/mol. The van der Waals surface area contributed by atoms with Crippen molar-refractivity contribution >= 4 is 58.8 Å². The zero-order chi connectivity index (χ0) is 21.6. The summed E-state index contributed by atoms with van der Waals surface area (Å²) in [6.45, 7) is 7.72. The van der Waals surface area contributed by atoms with Gasteiger partial charge in [0.2, 0.25) is 0 Å². The van der Waals surface area contributed by atoms with E-state index in [1.165, 1.54) is 11.3 Å². The fourth-order valence-corrected chi connectivity index (χ4v) is 5.50. The van der Waals surface area contributed by atoms with Crippen molar-refractivity contribution in [1.29, 1.82) is 0 Å². The molecule has 0 unspecified atom stereocenters. The summed E-state index contributed by atoms with van der Waals surface area (Å²) in [5, 5.41) is 0. The number of thiophene rings is 2. The van der Waals surface area contributed by atoms with Crippen LogP contribution < -0.4 is 0 Å². The fraction of sp³-hybridized carbons (Fsp3) is 0.190. The van der Waals surface area contributed by atoms with Gasteiger partial charge >= 0.3 is 7.40 Å². The second-order valence-corrected chi connectivity index (χ2v) is 9.90. The molecular weight excluding hydrogens is 423 g/mol. The smallest absolute Gasteiger partial charge is 0.275 e. The maximum absolute atomic E-state index is 14.1. The molecule has 0 saturated carbocycles. The van der Waals surface area contributed by atoms with Gasteiger partial charge in [0.25, 0.3) is 5.91 Å². The topological polar surface area (TPSA) is 45.6 Å². The third kappa shape index (κ3) is 3.52. The summed E-state index contributed by atoms with van der Waals surface area (Å²) in [4.78, 5) is 26.3. The van der Waals surface area contributed by atoms with Gasteiger partial charge in [0.15, 0.2) is 5.82 Å². The Kier molecular flexibility index (Phi) is 5.42. The van der Waals surface area contributed by atoms with Crippen LogP contribution in [-0.2, 0) is 4.79 Å². The molecule has 1 amide bonds. The third-order valence-corrected chi connectivity index (χ3v) is 6.75. The summed E-state index contributed by atoms with van der Waals surface area (Å²) in [5.41, 5.74) is 2.14. The third-order valence-electron chi connectivity index (χ3n) is 4.82. The van der Waals surface area contributed by atoms with E-state index >= 15 is 0 Å². The normalized spacial score (nSPS) is 15.6. The number of aromatic nitrogens is 1. The number of rotatable bonds is 4. The highest BCUT2D eigenvalue weighted by molar-refractivity contribution is 7.12. The van der Waals surface area contributed by atoms with Gasteiger partial charge in [0.1, 0.15) is 5.84 Å². The number of carbonyl (C=O) groups excluding carboxylic acids is 1. The highest BCUT2D eigenvalue weighted by Crippen LogP contribution is 2.43. The number of hydrogen-bond donors (Lipinski definition) is 0. The van der Waals surface area contributed by atoms with Crippen molar-refractivity contribution in [3.63, 3.8) is 0 Å². The number of amidine groups is 1. The first-order chi connectivity index (χ1) is 14.3. The number of hydrogen-bond acceptors (Lipinski definition) is 5. The van der Waals surface area contributed by atoms with Crippen LogP contribution in [0, 0.1) is 27.7 Å². The van der Waals surface area contributed by atoms with Crippen LogP contribution in [0.3, 0.4) is 0 Å². The zero-order valence-electron chi connectivity index (χ0n) is 16.9. The average Bonchev–Trinajstić information content (AvgIpc) is 3.28. The summed E-state index contributed by atoms with van der Waals surface area (Å²) in [7, 11) is -3.02. The second-order valence-electron chi connectivity index (χ2n) is 6.98. The minimum atomic E-state index is -3.02. The van der Waals surface area contributed by atoms with Crippen LogP contribution in [0.15, 0.2) is 41.5 Å². The molecule has 0 atom stereocenters. The molecule has 9 heteroatoms. The molecule has 0 aromatic carbocycles. The van der Waals surface area contributed by atoms with Crippen LogP contribution in [0.5, 0.6) is 0 Å². The minimum absolute atomic E-state index is 0.0622. The zero-order valence-corrected chi connectivity index (χ0v) is 18.5. The Hall–Kier alpha value is -2.65. The van der Waals surface area contributed by atoms with Crippen molar-refractivity contribution < 1.29 is 13.4 Å². The predicted molar refractivity (Wildman–Crippen MR) is 121 cm³/mol. The molecular formula is C21H18BF2N3OS2. The Morgan fingerprint density at radius 1 is 0.967 bits per heavy atom. The molecule has 4 heterocycles. The Morgan fingerprint density at radius 2 is 1.57 bits per heavy atom. The Labute approximate surface area is 181 Å². The second kappa shape index (κ2) is 7.88. The summed E-state index contributed by atoms with van der Waals surface area (Å²) >= 11 is 3.10. The van der Waals surface area contributed by atoms with Crippen LogP contribution in [0.2, 0.25) is 0 Å². The molecule has 0 saturated heterocycles. The van der Waals surface area contributed by atoms with E-state index in [1.54, 1.807) is 35.7 Å². The Balaban J connectivity index is 2.07. The van der Waals surface area contributed by atoms with Crippen molar-refractivity contribution in [3.05, 3.63) is 67.2 Å². The van der Waals surface area contributed by atoms with Crippen molar-refractivity contribution in [2.75, 3.05) is 0 Å². The molecule has 30 heavy (non-hydrogen) atoms. The van der Waals surface area contributed by atoms with Crippen LogP contribution in [0.1, 0.15) is 30.6 Å². The van der Waals surface area contributed by atoms with Crippen LogP contribution in [0.25, 0.3) is 11.1 Å². The van der Waals surface area contributed by atoms with Crippen LogP contribution >= 0.6 is 22.7 Å². The van der Waals surface area contributed by atoms with Gasteiger partial charge in [-0.15, -0.1) is 22.7 Å². The molecule has 0 fully saturated rings. The molecule has 4 nitrogen and oxygen atoms in total. The number of aryl methyl sites for hydroxylation is 4. The van der Waals surface area contributed by atoms with Gasteiger partial charge in [-0.3, -0.25) is 18.2 Å². The lowest BCUT2D eigenvalue weighted by atomic mass is 9.96. The number of carbonyl (C=O) groups is 1. The van der Waals surface area contributed by atoms with Crippen molar-refractivity contribution in [2.45, 2.75) is 27.7 Å². The maximum atomic E-state index is 14.1. The van der Waals surface area contributed by atoms with E-state index in [0.29, 0.717) is 15.9 Å². The van der Waals surface area contributed by atoms with E-state index in [-0.39, 0.29) is 17.2 Å². The molecule has 1 aliphatic rings. The first kappa shape index (κ1) is 20.6. The van der Waals surface area contributed by atoms with E-state index < -0.39 is 13.3 Å². The number of aliphatic imine (C=N–C) groups is 1. The summed E-state index contributed by atoms with van der Waals surface area (Å²) in [6.07, 6.45) is 1.54. The fourth-order valence-electron chi connectivity index (χ4n) is 3.64. The number of nitrogens with zero attached hydrogens (tertiary/aromatic N) is 3. The lowest BCUT2D eigenvalue weighted by Gasteiger charge is -2.15. The number of halogens is 2. The summed E-state index contributed by atoms with van der Waals surface area (Å²) < 4.78 is 28.2. The van der Waals surface area contributed by atoms with Crippen molar-refractivity contribution in [2.24, 2.45) is 4.99 Å². The number of pyridine rings is 1. The lowest BCUT2D eigenvalue weighted by Crippen LogP contribution is -2.39. The SMILES string of the molecule is Cc1cc(C2=C(c3cc(C)sc3C)C(=Nc3ccccn3)N(B(F)F)C2=O)c(C)s1. The van der Waals surface area contributed by atoms with Gasteiger partial charge in [0, 0.05) is 42.4 Å². The minimum Gasteiger partial charge on any atom is -0.275 e. The molecule has 0 N–H and O–H groups in total. The molecule has 0 spiro atoms. The largest absolute Gasteiger partial charge is 0.681 e. The van der Waals surface area contributed by atoms with Crippen molar-refractivity contribution in [1.82, 2.24) is 9.79 Å². The molecule has 3 aromatic heterocycles. The van der Waals surface area contributed by atoms with E-state index in [0.717, 1.165) is 25.1 Å². The van der Waals surface area contributed by atoms with E-state index in [9.17, 15) is 13.4 Å². The lowest BCUT2D eigenvalue weighted by molar-refractivity contribution is -0.118. The molecule has 0 radical (unpaired) electrons. The monoisotopic (exact) mass is 441 g/mol. The van der Waals surface area contributed by atoms with Crippen molar-refractivity contribution in [3.8, 4) is 0 Å². The van der Waals surface area contributed by atoms with Gasteiger partial charge in [-0.25, -0.2) is 9.98 Å². The van der Waals surface area contributed by atoms with E-state index in [1.807, 2.05) is 39.8 Å². The number of amides is 1. The molecule has 152 valence electrons. The van der Waals surface area contributed by atoms with E-state index in [2.05, 4.69) is 9.98 Å². The van der Waals surface area contributed by atoms with Gasteiger partial charge in [-0.05, 0) is 52.0 Å². The predicted octanol–water partition coefficient (Wildman–Crippen LogP) is 5.85. The molecule has 3 aromatic rings. The molecule has 0 bridgehead atoms. The Morgan fingerprint density at radius 3 is 2.03 bits per heavy atom. The van der Waals surface area contributed by atoms with Gasteiger partial charge < -0.3 is 0 Å². The highest BCUT2D eigenvalue weighted by Gasteiger charge is 2.46. The van der Waals surface area contributed by atoms with Crippen LogP contribution in [0.4, 0.5) is 14.4 Å². The first-order valence-corrected chi connectivity index (χ1v) is 10.9. The Bertz CT molecular complexity index is 1200. The first-order valence-electron chi connectivity index (χ1n) is 9.28. The highest BCUT2D eigenvalue weighted by atomic mass is 32.1. The molecule has 4 rings (SSSR count). The molecule has 1 aliphatic heterocycles. The summed E-state index contributed by atoms with van der Waals surface area (Å²) in [6, 6.07) is 8.89. The maximum Gasteiger partial charge on any atom is 0.681 e. The summed E-state index contributed by atoms with van der Waals surface area (Å²) in [5.74, 6) is -0.529. The van der Waals surface area contributed by atoms with Gasteiger partial charge in [0.05, 0.1) is 5.57 Å². The van der Waals surface area contributed by atoms with Gasteiger partial charge in [-0.2, -0.15) is 0 Å². The standard InChI is InChI=1S/C21H18BF2N3OS2/c1-11-9-15(13(3)29-11)18-19(16-10-12(2)30-14(16)4)21(28)27(22(23)24)20(18)26-17-7-5-6-8-25-17/h5-10H,1-4H3. The van der Waals surface area contributed by atoms with Crippen LogP contribution in [-0.4, -0.2) is 28.9 Å². The van der Waals surface area contributed by atoms with Gasteiger partial charge in [-0.1, -0.05) is 6.07 Å². The molecule has 0 aliphatic carbocycles.